The van der Waals surface area contributed by atoms with Crippen LogP contribution in [-0.4, -0.2) is 45.7 Å². The third-order valence-corrected chi connectivity index (χ3v) is 4.35. The number of carbonyl (C=O) groups is 1. The van der Waals surface area contributed by atoms with E-state index in [1.165, 1.54) is 4.90 Å². The minimum atomic E-state index is -3.43. The number of nitrogens with zero attached hydrogens (tertiary/aromatic N) is 1. The Bertz CT molecular complexity index is 600. The molecule has 0 radical (unpaired) electrons. The second-order valence-electron chi connectivity index (χ2n) is 4.98. The molecule has 0 saturated carbocycles. The van der Waals surface area contributed by atoms with E-state index >= 15 is 0 Å². The zero-order chi connectivity index (χ0) is 14.8. The van der Waals surface area contributed by atoms with Crippen LogP contribution in [0.1, 0.15) is 11.1 Å². The zero-order valence-electron chi connectivity index (χ0n) is 11.5. The third kappa shape index (κ3) is 3.94. The van der Waals surface area contributed by atoms with Crippen molar-refractivity contribution in [3.05, 3.63) is 35.4 Å². The highest BCUT2D eigenvalue weighted by molar-refractivity contribution is 7.88. The molecule has 0 bridgehead atoms. The van der Waals surface area contributed by atoms with Crippen LogP contribution >= 0.6 is 0 Å². The normalized spacial score (nSPS) is 19.2. The van der Waals surface area contributed by atoms with E-state index in [9.17, 15) is 13.2 Å². The molecule has 1 N–H and O–H groups in total. The third-order valence-electron chi connectivity index (χ3n) is 3.03. The fraction of sp³-hybridized carbons (Fsp3) is 0.462. The SMILES string of the molecule is Cc1cccc(CS(=O)(=O)NCC2CN(C)C(=O)O2)c1. The minimum Gasteiger partial charge on any atom is -0.443 e. The summed E-state index contributed by atoms with van der Waals surface area (Å²) in [5.74, 6) is -0.0782. The Kier molecular flexibility index (Phi) is 4.29. The molecule has 1 atom stereocenters. The topological polar surface area (TPSA) is 75.7 Å². The van der Waals surface area contributed by atoms with Gasteiger partial charge in [0.2, 0.25) is 10.0 Å². The van der Waals surface area contributed by atoms with Crippen LogP contribution in [0.3, 0.4) is 0 Å². The van der Waals surface area contributed by atoms with Gasteiger partial charge in [0.05, 0.1) is 12.3 Å². The molecule has 1 aromatic carbocycles. The van der Waals surface area contributed by atoms with Crippen molar-refractivity contribution in [1.29, 1.82) is 0 Å². The maximum atomic E-state index is 12.0. The van der Waals surface area contributed by atoms with Crippen molar-refractivity contribution in [2.45, 2.75) is 18.8 Å². The lowest BCUT2D eigenvalue weighted by Gasteiger charge is -2.10. The van der Waals surface area contributed by atoms with E-state index in [2.05, 4.69) is 4.72 Å². The molecule has 0 spiro atoms. The molecule has 7 heteroatoms. The van der Waals surface area contributed by atoms with Crippen molar-refractivity contribution in [3.63, 3.8) is 0 Å². The van der Waals surface area contributed by atoms with Gasteiger partial charge < -0.3 is 9.64 Å². The number of nitrogens with one attached hydrogen (secondary N) is 1. The van der Waals surface area contributed by atoms with E-state index in [1.807, 2.05) is 25.1 Å². The lowest BCUT2D eigenvalue weighted by atomic mass is 10.2. The van der Waals surface area contributed by atoms with Gasteiger partial charge in [0.15, 0.2) is 0 Å². The number of rotatable bonds is 5. The summed E-state index contributed by atoms with van der Waals surface area (Å²) in [5, 5.41) is 0. The first kappa shape index (κ1) is 14.8. The van der Waals surface area contributed by atoms with Gasteiger partial charge in [-0.05, 0) is 12.5 Å². The van der Waals surface area contributed by atoms with Crippen molar-refractivity contribution in [1.82, 2.24) is 9.62 Å². The van der Waals surface area contributed by atoms with E-state index in [-0.39, 0.29) is 12.3 Å². The van der Waals surface area contributed by atoms with Crippen LogP contribution in [0.25, 0.3) is 0 Å². The average Bonchev–Trinajstić information content (AvgIpc) is 2.66. The van der Waals surface area contributed by atoms with E-state index < -0.39 is 22.2 Å². The summed E-state index contributed by atoms with van der Waals surface area (Å²) >= 11 is 0. The number of sulfonamides is 1. The van der Waals surface area contributed by atoms with Gasteiger partial charge in [0.25, 0.3) is 0 Å². The maximum Gasteiger partial charge on any atom is 0.410 e. The summed E-state index contributed by atoms with van der Waals surface area (Å²) in [6.45, 7) is 2.41. The molecule has 110 valence electrons. The number of amides is 1. The molecule has 1 heterocycles. The highest BCUT2D eigenvalue weighted by atomic mass is 32.2. The van der Waals surface area contributed by atoms with E-state index in [0.717, 1.165) is 11.1 Å². The number of cyclic esters (lactones) is 1. The molecule has 1 aliphatic rings. The highest BCUT2D eigenvalue weighted by Crippen LogP contribution is 2.10. The quantitative estimate of drug-likeness (QED) is 0.875. The van der Waals surface area contributed by atoms with Crippen molar-refractivity contribution in [3.8, 4) is 0 Å². The molecule has 1 fully saturated rings. The molecule has 0 aromatic heterocycles. The summed E-state index contributed by atoms with van der Waals surface area (Å²) in [7, 11) is -1.82. The second-order valence-corrected chi connectivity index (χ2v) is 6.79. The van der Waals surface area contributed by atoms with Gasteiger partial charge in [0.1, 0.15) is 6.10 Å². The van der Waals surface area contributed by atoms with Gasteiger partial charge in [-0.2, -0.15) is 0 Å². The number of hydrogen-bond donors (Lipinski definition) is 1. The summed E-state index contributed by atoms with van der Waals surface area (Å²) in [4.78, 5) is 12.6. The number of benzene rings is 1. The molecule has 20 heavy (non-hydrogen) atoms. The first-order valence-corrected chi connectivity index (χ1v) is 7.95. The predicted octanol–water partition coefficient (Wildman–Crippen LogP) is 0.865. The van der Waals surface area contributed by atoms with Gasteiger partial charge in [-0.3, -0.25) is 0 Å². The molecule has 1 saturated heterocycles. The molecule has 1 aromatic rings. The van der Waals surface area contributed by atoms with Crippen LogP contribution in [0.15, 0.2) is 24.3 Å². The Morgan fingerprint density at radius 2 is 2.20 bits per heavy atom. The van der Waals surface area contributed by atoms with Gasteiger partial charge in [-0.15, -0.1) is 0 Å². The summed E-state index contributed by atoms with van der Waals surface area (Å²) in [5.41, 5.74) is 1.75. The van der Waals surface area contributed by atoms with Gasteiger partial charge >= 0.3 is 6.09 Å². The molecular formula is C13H18N2O4S. The number of ether oxygens (including phenoxy) is 1. The van der Waals surface area contributed by atoms with E-state index in [0.29, 0.717) is 6.54 Å². The van der Waals surface area contributed by atoms with E-state index in [4.69, 9.17) is 4.74 Å². The van der Waals surface area contributed by atoms with Crippen LogP contribution in [-0.2, 0) is 20.5 Å². The highest BCUT2D eigenvalue weighted by Gasteiger charge is 2.29. The molecular weight excluding hydrogens is 280 g/mol. The fourth-order valence-electron chi connectivity index (χ4n) is 2.05. The summed E-state index contributed by atoms with van der Waals surface area (Å²) < 4.78 is 31.4. The average molecular weight is 298 g/mol. The fourth-order valence-corrected chi connectivity index (χ4v) is 3.21. The zero-order valence-corrected chi connectivity index (χ0v) is 12.3. The lowest BCUT2D eigenvalue weighted by Crippen LogP contribution is -2.34. The smallest absolute Gasteiger partial charge is 0.410 e. The van der Waals surface area contributed by atoms with Crippen molar-refractivity contribution >= 4 is 16.1 Å². The van der Waals surface area contributed by atoms with Gasteiger partial charge in [0, 0.05) is 13.6 Å². The molecule has 6 nitrogen and oxygen atoms in total. The van der Waals surface area contributed by atoms with Crippen LogP contribution in [0.5, 0.6) is 0 Å². The molecule has 1 aliphatic heterocycles. The first-order chi connectivity index (χ1) is 9.35. The molecule has 2 rings (SSSR count). The number of aryl methyl sites for hydroxylation is 1. The Morgan fingerprint density at radius 1 is 1.45 bits per heavy atom. The second kappa shape index (κ2) is 5.80. The number of likely N-dealkylation sites (N-methyl/N-ethyl adjacent to an activating group) is 1. The Morgan fingerprint density at radius 3 is 2.80 bits per heavy atom. The van der Waals surface area contributed by atoms with Crippen LogP contribution in [0.4, 0.5) is 4.79 Å². The number of carbonyl (C=O) groups excluding carboxylic acids is 1. The van der Waals surface area contributed by atoms with Gasteiger partial charge in [-0.25, -0.2) is 17.9 Å². The summed E-state index contributed by atoms with van der Waals surface area (Å²) in [6, 6.07) is 7.35. The van der Waals surface area contributed by atoms with E-state index in [1.54, 1.807) is 13.1 Å². The Labute approximate surface area is 118 Å². The first-order valence-electron chi connectivity index (χ1n) is 6.30. The lowest BCUT2D eigenvalue weighted by molar-refractivity contribution is 0.135. The molecule has 0 aliphatic carbocycles. The molecule has 1 amide bonds. The summed E-state index contributed by atoms with van der Waals surface area (Å²) in [6.07, 6.45) is -0.854. The minimum absolute atomic E-state index is 0.0782. The Balaban J connectivity index is 1.90. The van der Waals surface area contributed by atoms with Crippen molar-refractivity contribution in [2.24, 2.45) is 0 Å². The monoisotopic (exact) mass is 298 g/mol. The largest absolute Gasteiger partial charge is 0.443 e. The Hall–Kier alpha value is -1.60. The van der Waals surface area contributed by atoms with Gasteiger partial charge in [-0.1, -0.05) is 29.8 Å². The predicted molar refractivity (Wildman–Crippen MR) is 74.7 cm³/mol. The maximum absolute atomic E-state index is 12.0. The van der Waals surface area contributed by atoms with Crippen LogP contribution in [0, 0.1) is 6.92 Å². The van der Waals surface area contributed by atoms with Crippen LogP contribution < -0.4 is 4.72 Å². The standard InChI is InChI=1S/C13H18N2O4S/c1-10-4-3-5-11(6-10)9-20(17,18)14-7-12-8-15(2)13(16)19-12/h3-6,12,14H,7-9H2,1-2H3. The van der Waals surface area contributed by atoms with Crippen molar-refractivity contribution < 1.29 is 17.9 Å². The number of hydrogen-bond acceptors (Lipinski definition) is 4. The van der Waals surface area contributed by atoms with Crippen molar-refractivity contribution in [2.75, 3.05) is 20.1 Å². The molecule has 1 unspecified atom stereocenters. The van der Waals surface area contributed by atoms with Crippen LogP contribution in [0.2, 0.25) is 0 Å².